The summed E-state index contributed by atoms with van der Waals surface area (Å²) in [5.41, 5.74) is 0.536. The van der Waals surface area contributed by atoms with Crippen molar-refractivity contribution >= 4 is 21.8 Å². The maximum absolute atomic E-state index is 12.7. The summed E-state index contributed by atoms with van der Waals surface area (Å²) in [6.07, 6.45) is 0. The Kier molecular flexibility index (Phi) is 6.16. The second kappa shape index (κ2) is 8.41. The topological polar surface area (TPSA) is 115 Å². The average molecular weight is 424 g/mol. The third kappa shape index (κ3) is 4.26. The van der Waals surface area contributed by atoms with Gasteiger partial charge in [0.1, 0.15) is 0 Å². The fourth-order valence-electron chi connectivity index (χ4n) is 2.55. The molecule has 0 aliphatic heterocycles. The highest BCUT2D eigenvalue weighted by Gasteiger charge is 2.23. The van der Waals surface area contributed by atoms with Crippen molar-refractivity contribution in [2.24, 2.45) is 0 Å². The molecule has 3 rings (SSSR count). The van der Waals surface area contributed by atoms with Gasteiger partial charge in [0.05, 0.1) is 10.1 Å². The van der Waals surface area contributed by atoms with Gasteiger partial charge in [-0.15, -0.1) is 20.4 Å². The summed E-state index contributed by atoms with van der Waals surface area (Å²) < 4.78 is 37.9. The number of hydrogen-bond donors (Lipinski definition) is 0. The lowest BCUT2D eigenvalue weighted by atomic mass is 10.2. The van der Waals surface area contributed by atoms with Gasteiger partial charge in [-0.3, -0.25) is 0 Å². The van der Waals surface area contributed by atoms with E-state index in [2.05, 4.69) is 20.4 Å². The number of nitrogens with zero attached hydrogens (tertiary/aromatic N) is 5. The fraction of sp³-hybridized carbons (Fsp3) is 0.412. The smallest absolute Gasteiger partial charge is 0.277 e. The molecule has 0 saturated carbocycles. The van der Waals surface area contributed by atoms with E-state index in [1.54, 1.807) is 45.0 Å². The maximum atomic E-state index is 12.7. The van der Waals surface area contributed by atoms with Crippen molar-refractivity contribution in [2.45, 2.75) is 43.1 Å². The van der Waals surface area contributed by atoms with Crippen LogP contribution in [0.3, 0.4) is 0 Å². The molecule has 2 heterocycles. The van der Waals surface area contributed by atoms with Crippen LogP contribution >= 0.6 is 11.8 Å². The average Bonchev–Trinajstić information content (AvgIpc) is 3.32. The van der Waals surface area contributed by atoms with Crippen molar-refractivity contribution in [3.05, 3.63) is 36.0 Å². The number of sulfonamides is 1. The van der Waals surface area contributed by atoms with Crippen LogP contribution in [0.2, 0.25) is 0 Å². The van der Waals surface area contributed by atoms with Crippen LogP contribution in [0, 0.1) is 6.92 Å². The SMILES string of the molecule is CCN(CC)S(=O)(=O)c1cccc(-c2nnc(SC(C)c3nnc(C)o3)o2)c1. The Bertz CT molecular complexity index is 1040. The second-order valence-electron chi connectivity index (χ2n) is 5.91. The Morgan fingerprint density at radius 3 is 2.50 bits per heavy atom. The minimum atomic E-state index is -3.57. The quantitative estimate of drug-likeness (QED) is 0.503. The summed E-state index contributed by atoms with van der Waals surface area (Å²) in [6, 6.07) is 6.49. The molecule has 0 spiro atoms. The number of thioether (sulfide) groups is 1. The van der Waals surface area contributed by atoms with Gasteiger partial charge in [0.2, 0.25) is 27.7 Å². The fourth-order valence-corrected chi connectivity index (χ4v) is 4.77. The summed E-state index contributed by atoms with van der Waals surface area (Å²) in [7, 11) is -3.57. The first kappa shape index (κ1) is 20.5. The summed E-state index contributed by atoms with van der Waals surface area (Å²) in [6.45, 7) is 8.02. The molecular weight excluding hydrogens is 402 g/mol. The van der Waals surface area contributed by atoms with Gasteiger partial charge in [0.25, 0.3) is 5.22 Å². The normalized spacial score (nSPS) is 13.2. The summed E-state index contributed by atoms with van der Waals surface area (Å²) in [4.78, 5) is 0.191. The van der Waals surface area contributed by atoms with Crippen molar-refractivity contribution in [2.75, 3.05) is 13.1 Å². The third-order valence-electron chi connectivity index (χ3n) is 4.00. The molecule has 150 valence electrons. The molecule has 0 fully saturated rings. The Labute approximate surface area is 167 Å². The zero-order valence-electron chi connectivity index (χ0n) is 16.0. The summed E-state index contributed by atoms with van der Waals surface area (Å²) in [5, 5.41) is 16.0. The molecule has 0 saturated heterocycles. The van der Waals surface area contributed by atoms with Gasteiger partial charge in [-0.2, -0.15) is 4.31 Å². The molecule has 11 heteroatoms. The van der Waals surface area contributed by atoms with E-state index in [0.717, 1.165) is 0 Å². The molecule has 2 aromatic heterocycles. The van der Waals surface area contributed by atoms with Gasteiger partial charge < -0.3 is 8.83 Å². The van der Waals surface area contributed by atoms with Crippen LogP contribution in [0.15, 0.2) is 43.2 Å². The Hall–Kier alpha value is -2.24. The van der Waals surface area contributed by atoms with Crippen LogP contribution in [0.1, 0.15) is 37.8 Å². The number of rotatable bonds is 8. The van der Waals surface area contributed by atoms with Gasteiger partial charge in [0.15, 0.2) is 0 Å². The van der Waals surface area contributed by atoms with Crippen LogP contribution in [0.25, 0.3) is 11.5 Å². The molecule has 3 aromatic rings. The Morgan fingerprint density at radius 1 is 1.11 bits per heavy atom. The lowest BCUT2D eigenvalue weighted by Gasteiger charge is -2.18. The number of benzene rings is 1. The number of aromatic nitrogens is 4. The van der Waals surface area contributed by atoms with E-state index in [1.807, 2.05) is 6.92 Å². The lowest BCUT2D eigenvalue weighted by Crippen LogP contribution is -2.30. The van der Waals surface area contributed by atoms with E-state index in [-0.39, 0.29) is 16.0 Å². The van der Waals surface area contributed by atoms with Crippen molar-refractivity contribution in [3.8, 4) is 11.5 Å². The zero-order valence-corrected chi connectivity index (χ0v) is 17.6. The largest absolute Gasteiger partial charge is 0.424 e. The molecule has 1 unspecified atom stereocenters. The van der Waals surface area contributed by atoms with Gasteiger partial charge in [-0.1, -0.05) is 31.7 Å². The van der Waals surface area contributed by atoms with E-state index in [0.29, 0.717) is 35.7 Å². The first-order valence-corrected chi connectivity index (χ1v) is 11.1. The van der Waals surface area contributed by atoms with Crippen molar-refractivity contribution in [1.82, 2.24) is 24.7 Å². The van der Waals surface area contributed by atoms with E-state index in [1.165, 1.54) is 16.1 Å². The summed E-state index contributed by atoms with van der Waals surface area (Å²) in [5.74, 6) is 1.20. The lowest BCUT2D eigenvalue weighted by molar-refractivity contribution is 0.445. The van der Waals surface area contributed by atoms with E-state index >= 15 is 0 Å². The highest BCUT2D eigenvalue weighted by molar-refractivity contribution is 7.99. The highest BCUT2D eigenvalue weighted by atomic mass is 32.2. The predicted octanol–water partition coefficient (Wildman–Crippen LogP) is 3.31. The maximum Gasteiger partial charge on any atom is 0.277 e. The van der Waals surface area contributed by atoms with Crippen molar-refractivity contribution in [3.63, 3.8) is 0 Å². The van der Waals surface area contributed by atoms with Gasteiger partial charge in [-0.25, -0.2) is 8.42 Å². The van der Waals surface area contributed by atoms with E-state index in [4.69, 9.17) is 8.83 Å². The molecule has 0 N–H and O–H groups in total. The Balaban J connectivity index is 1.82. The Morgan fingerprint density at radius 2 is 1.86 bits per heavy atom. The van der Waals surface area contributed by atoms with E-state index in [9.17, 15) is 8.42 Å². The number of hydrogen-bond acceptors (Lipinski definition) is 9. The molecule has 0 aliphatic carbocycles. The first-order valence-electron chi connectivity index (χ1n) is 8.75. The van der Waals surface area contributed by atoms with Crippen LogP contribution < -0.4 is 0 Å². The highest BCUT2D eigenvalue weighted by Crippen LogP contribution is 2.34. The molecule has 0 aliphatic rings. The third-order valence-corrected chi connectivity index (χ3v) is 6.97. The standard InChI is InChI=1S/C17H21N5O4S2/c1-5-22(6-2)28(23,24)14-9-7-8-13(10-14)16-20-21-17(26-16)27-11(3)15-19-18-12(4)25-15/h7-11H,5-6H2,1-4H3. The summed E-state index contributed by atoms with van der Waals surface area (Å²) >= 11 is 1.28. The molecule has 28 heavy (non-hydrogen) atoms. The minimum Gasteiger partial charge on any atom is -0.424 e. The van der Waals surface area contributed by atoms with Crippen LogP contribution in [0.5, 0.6) is 0 Å². The molecule has 0 radical (unpaired) electrons. The van der Waals surface area contributed by atoms with Gasteiger partial charge in [-0.05, 0) is 25.1 Å². The first-order chi connectivity index (χ1) is 13.3. The van der Waals surface area contributed by atoms with Crippen LogP contribution in [-0.2, 0) is 10.0 Å². The molecule has 1 aromatic carbocycles. The van der Waals surface area contributed by atoms with Gasteiger partial charge >= 0.3 is 0 Å². The monoisotopic (exact) mass is 423 g/mol. The minimum absolute atomic E-state index is 0.163. The molecular formula is C17H21N5O4S2. The molecule has 1 atom stereocenters. The second-order valence-corrected chi connectivity index (χ2v) is 9.14. The van der Waals surface area contributed by atoms with Crippen molar-refractivity contribution < 1.29 is 17.3 Å². The zero-order chi connectivity index (χ0) is 20.3. The molecule has 9 nitrogen and oxygen atoms in total. The number of aryl methyl sites for hydroxylation is 1. The molecule has 0 bridgehead atoms. The van der Waals surface area contributed by atoms with Gasteiger partial charge in [0, 0.05) is 25.6 Å². The van der Waals surface area contributed by atoms with Crippen molar-refractivity contribution in [1.29, 1.82) is 0 Å². The predicted molar refractivity (Wildman–Crippen MR) is 103 cm³/mol. The van der Waals surface area contributed by atoms with Crippen LogP contribution in [0.4, 0.5) is 0 Å². The van der Waals surface area contributed by atoms with E-state index < -0.39 is 10.0 Å². The molecule has 0 amide bonds. The van der Waals surface area contributed by atoms with Crippen LogP contribution in [-0.4, -0.2) is 46.2 Å².